The van der Waals surface area contributed by atoms with Crippen molar-refractivity contribution in [2.45, 2.75) is 24.7 Å². The number of fused-ring (bicyclic) bond motifs is 3. The molecule has 1 N–H and O–H groups in total. The maximum Gasteiger partial charge on any atom is 0.325 e. The molecule has 4 rings (SSSR count). The minimum atomic E-state index is -0.653. The van der Waals surface area contributed by atoms with Crippen molar-refractivity contribution in [3.63, 3.8) is 0 Å². The smallest absolute Gasteiger partial charge is 0.325 e. The number of carbonyl (C=O) groups excluding carboxylic acids is 1. The zero-order valence-electron chi connectivity index (χ0n) is 18.4. The van der Waals surface area contributed by atoms with Crippen LogP contribution in [0.3, 0.4) is 0 Å². The molecule has 0 spiro atoms. The highest BCUT2D eigenvalue weighted by Gasteiger charge is 2.45. The molecule has 1 amide bonds. The molecule has 0 aliphatic carbocycles. The molecule has 7 nitrogen and oxygen atoms in total. The molecule has 33 heavy (non-hydrogen) atoms. The predicted molar refractivity (Wildman–Crippen MR) is 129 cm³/mol. The van der Waals surface area contributed by atoms with Gasteiger partial charge < -0.3 is 4.74 Å². The first-order chi connectivity index (χ1) is 16.1. The van der Waals surface area contributed by atoms with Gasteiger partial charge >= 0.3 is 11.3 Å². The Morgan fingerprint density at radius 3 is 2.82 bits per heavy atom. The van der Waals surface area contributed by atoms with Crippen LogP contribution in [0.1, 0.15) is 25.1 Å². The number of rotatable bonds is 8. The molecule has 0 radical (unpaired) electrons. The first kappa shape index (κ1) is 22.5. The van der Waals surface area contributed by atoms with Gasteiger partial charge in [-0.15, -0.1) is 6.58 Å². The van der Waals surface area contributed by atoms with Gasteiger partial charge in [-0.3, -0.25) is 14.6 Å². The van der Waals surface area contributed by atoms with Gasteiger partial charge in [0, 0.05) is 22.8 Å². The highest BCUT2D eigenvalue weighted by molar-refractivity contribution is 7.99. The Hall–Kier alpha value is -3.65. The molecule has 168 valence electrons. The Kier molecular flexibility index (Phi) is 6.74. The lowest BCUT2D eigenvalue weighted by Gasteiger charge is -2.32. The average molecular weight is 462 g/mol. The minimum Gasteiger partial charge on any atom is -0.490 e. The van der Waals surface area contributed by atoms with E-state index < -0.39 is 6.17 Å². The van der Waals surface area contributed by atoms with E-state index in [1.165, 1.54) is 11.8 Å². The lowest BCUT2D eigenvalue weighted by atomic mass is 10.0. The number of amides is 1. The summed E-state index contributed by atoms with van der Waals surface area (Å²) >= 11 is 1.37. The van der Waals surface area contributed by atoms with Crippen LogP contribution >= 0.6 is 11.8 Å². The maximum absolute atomic E-state index is 13.3. The van der Waals surface area contributed by atoms with Gasteiger partial charge in [-0.1, -0.05) is 55.6 Å². The molecule has 1 aliphatic rings. The summed E-state index contributed by atoms with van der Waals surface area (Å²) in [6.07, 6.45) is 3.06. The molecular weight excluding hydrogens is 436 g/mol. The normalized spacial score (nSPS) is 14.2. The van der Waals surface area contributed by atoms with Crippen molar-refractivity contribution in [1.82, 2.24) is 10.1 Å². The van der Waals surface area contributed by atoms with Gasteiger partial charge in [0.25, 0.3) is 6.17 Å². The van der Waals surface area contributed by atoms with Crippen LogP contribution in [-0.4, -0.2) is 28.3 Å². The summed E-state index contributed by atoms with van der Waals surface area (Å²) in [5, 5.41) is 5.21. The highest BCUT2D eigenvalue weighted by Crippen LogP contribution is 2.38. The minimum absolute atomic E-state index is 0.0783. The molecular formula is C25H25N4O3S+. The number of ether oxygens (including phenoxy) is 1. The molecule has 0 fully saturated rings. The number of thioether (sulfide) groups is 1. The number of anilines is 1. The fraction of sp³-hybridized carbons (Fsp3) is 0.200. The van der Waals surface area contributed by atoms with Crippen LogP contribution in [0, 0.1) is 0 Å². The number of nitrogens with one attached hydrogen (secondary N) is 1. The highest BCUT2D eigenvalue weighted by atomic mass is 32.2. The standard InChI is InChI=1S/C25H24N4O3S/c1-4-14-32-18-11-9-10-17(16-18)24-28(21(30)6-3)20-13-8-7-12-19(20)22-23(31)26-25(27-29(22)24)33-15-5-2/h4-5,7-13,16,24H,1-2,6,14-15H2,3H3/p+1/t24-/m0/s1. The number of aromatic amines is 1. The molecule has 0 saturated carbocycles. The van der Waals surface area contributed by atoms with E-state index >= 15 is 0 Å². The molecule has 2 aromatic carbocycles. The zero-order valence-corrected chi connectivity index (χ0v) is 19.2. The van der Waals surface area contributed by atoms with Gasteiger partial charge in [0.1, 0.15) is 12.4 Å². The molecule has 3 aromatic rings. The summed E-state index contributed by atoms with van der Waals surface area (Å²) in [7, 11) is 0. The summed E-state index contributed by atoms with van der Waals surface area (Å²) < 4.78 is 7.38. The fourth-order valence-corrected chi connectivity index (χ4v) is 4.42. The molecule has 0 bridgehead atoms. The van der Waals surface area contributed by atoms with Crippen molar-refractivity contribution < 1.29 is 14.2 Å². The topological polar surface area (TPSA) is 79.2 Å². The third kappa shape index (κ3) is 4.34. The second-order valence-electron chi connectivity index (χ2n) is 7.33. The summed E-state index contributed by atoms with van der Waals surface area (Å²) in [5.74, 6) is 1.15. The van der Waals surface area contributed by atoms with Crippen molar-refractivity contribution in [2.24, 2.45) is 0 Å². The van der Waals surface area contributed by atoms with Crippen LogP contribution in [0.2, 0.25) is 0 Å². The van der Waals surface area contributed by atoms with Crippen molar-refractivity contribution in [1.29, 1.82) is 0 Å². The lowest BCUT2D eigenvalue weighted by Crippen LogP contribution is -2.60. The van der Waals surface area contributed by atoms with E-state index in [-0.39, 0.29) is 11.5 Å². The Morgan fingerprint density at radius 1 is 1.24 bits per heavy atom. The van der Waals surface area contributed by atoms with Crippen LogP contribution in [0.4, 0.5) is 5.69 Å². The van der Waals surface area contributed by atoms with Gasteiger partial charge in [-0.2, -0.15) is 0 Å². The monoisotopic (exact) mass is 461 g/mol. The van der Waals surface area contributed by atoms with Crippen molar-refractivity contribution in [3.8, 4) is 17.0 Å². The summed E-state index contributed by atoms with van der Waals surface area (Å²) in [6.45, 7) is 9.61. The Balaban J connectivity index is 1.98. The number of para-hydroxylation sites is 1. The number of nitrogens with zero attached hydrogens (tertiary/aromatic N) is 3. The van der Waals surface area contributed by atoms with Crippen LogP contribution in [-0.2, 0) is 4.79 Å². The van der Waals surface area contributed by atoms with Gasteiger partial charge in [0.05, 0.1) is 11.3 Å². The first-order valence-corrected chi connectivity index (χ1v) is 11.6. The van der Waals surface area contributed by atoms with Gasteiger partial charge in [0.2, 0.25) is 11.1 Å². The van der Waals surface area contributed by atoms with E-state index in [2.05, 4.69) is 18.1 Å². The fourth-order valence-electron chi connectivity index (χ4n) is 3.84. The number of benzene rings is 2. The second kappa shape index (κ2) is 9.87. The molecule has 1 aliphatic heterocycles. The van der Waals surface area contributed by atoms with Crippen LogP contribution in [0.15, 0.2) is 83.8 Å². The van der Waals surface area contributed by atoms with E-state index in [1.807, 2.05) is 55.5 Å². The Labute approximate surface area is 196 Å². The molecule has 8 heteroatoms. The average Bonchev–Trinajstić information content (AvgIpc) is 2.84. The Bertz CT molecular complexity index is 1270. The SMILES string of the molecule is C=CCOc1cccc([C@H]2N(C(=O)CC)c3ccccc3-c3c(=O)[nH]c(SCC=C)n[n+]32)c1. The molecule has 0 saturated heterocycles. The van der Waals surface area contributed by atoms with Crippen LogP contribution in [0.25, 0.3) is 11.3 Å². The lowest BCUT2D eigenvalue weighted by molar-refractivity contribution is -0.763. The maximum atomic E-state index is 13.3. The first-order valence-electron chi connectivity index (χ1n) is 10.6. The molecule has 1 aromatic heterocycles. The van der Waals surface area contributed by atoms with Gasteiger partial charge in [-0.05, 0) is 35.0 Å². The largest absolute Gasteiger partial charge is 0.490 e. The van der Waals surface area contributed by atoms with E-state index in [0.29, 0.717) is 46.6 Å². The number of hydrogen-bond acceptors (Lipinski definition) is 5. The quantitative estimate of drug-likeness (QED) is 0.313. The molecule has 1 atom stereocenters. The summed E-state index contributed by atoms with van der Waals surface area (Å²) in [6, 6.07) is 14.9. The third-order valence-corrected chi connectivity index (χ3v) is 6.05. The van der Waals surface area contributed by atoms with E-state index in [9.17, 15) is 9.59 Å². The number of carbonyl (C=O) groups is 1. The van der Waals surface area contributed by atoms with Crippen LogP contribution < -0.4 is 19.9 Å². The number of H-pyrrole nitrogens is 1. The van der Waals surface area contributed by atoms with Crippen molar-refractivity contribution in [2.75, 3.05) is 17.3 Å². The summed E-state index contributed by atoms with van der Waals surface area (Å²) in [5.41, 5.74) is 2.24. The zero-order chi connectivity index (χ0) is 23.4. The van der Waals surface area contributed by atoms with E-state index in [1.54, 1.807) is 21.7 Å². The van der Waals surface area contributed by atoms with Gasteiger partial charge in [0.15, 0.2) is 0 Å². The number of aromatic nitrogens is 3. The van der Waals surface area contributed by atoms with Gasteiger partial charge in [-0.25, -0.2) is 4.90 Å². The number of hydrogen-bond donors (Lipinski definition) is 1. The van der Waals surface area contributed by atoms with Crippen LogP contribution in [0.5, 0.6) is 5.75 Å². The van der Waals surface area contributed by atoms with E-state index in [0.717, 1.165) is 5.56 Å². The molecule has 2 heterocycles. The molecule has 0 unspecified atom stereocenters. The van der Waals surface area contributed by atoms with Crippen molar-refractivity contribution >= 4 is 23.4 Å². The Morgan fingerprint density at radius 2 is 2.06 bits per heavy atom. The van der Waals surface area contributed by atoms with Crippen molar-refractivity contribution in [3.05, 3.63) is 89.8 Å². The summed E-state index contributed by atoms with van der Waals surface area (Å²) in [4.78, 5) is 31.1. The second-order valence-corrected chi connectivity index (χ2v) is 8.34. The van der Waals surface area contributed by atoms with E-state index in [4.69, 9.17) is 9.84 Å². The third-order valence-electron chi connectivity index (χ3n) is 5.19. The predicted octanol–water partition coefficient (Wildman–Crippen LogP) is 3.87.